The summed E-state index contributed by atoms with van der Waals surface area (Å²) in [6, 6.07) is 2.40. The zero-order chi connectivity index (χ0) is 18.0. The molecule has 1 aromatic heterocycles. The van der Waals surface area contributed by atoms with Crippen molar-refractivity contribution in [2.75, 3.05) is 24.5 Å². The summed E-state index contributed by atoms with van der Waals surface area (Å²) in [5.41, 5.74) is 3.21. The molecular weight excluding hydrogens is 329 g/mol. The highest BCUT2D eigenvalue weighted by atomic mass is 19.1. The normalized spacial score (nSPS) is 25.7. The second-order valence-corrected chi connectivity index (χ2v) is 8.38. The van der Waals surface area contributed by atoms with Crippen LogP contribution in [-0.4, -0.2) is 30.2 Å². The van der Waals surface area contributed by atoms with E-state index < -0.39 is 0 Å². The number of fused-ring (bicyclic) bond motifs is 2. The zero-order valence-electron chi connectivity index (χ0n) is 15.5. The molecule has 3 aliphatic rings. The smallest absolute Gasteiger partial charge is 0.192 e. The minimum atomic E-state index is -0.251. The Morgan fingerprint density at radius 1 is 1.19 bits per heavy atom. The number of anilines is 1. The summed E-state index contributed by atoms with van der Waals surface area (Å²) in [6.07, 6.45) is 6.67. The lowest BCUT2D eigenvalue weighted by molar-refractivity contribution is 0.340. The Balaban J connectivity index is 1.68. The highest BCUT2D eigenvalue weighted by Crippen LogP contribution is 2.41. The third kappa shape index (κ3) is 2.40. The fourth-order valence-electron chi connectivity index (χ4n) is 5.06. The molecule has 1 N–H and O–H groups in total. The van der Waals surface area contributed by atoms with Crippen LogP contribution in [-0.2, 0) is 0 Å². The zero-order valence-corrected chi connectivity index (χ0v) is 15.5. The minimum absolute atomic E-state index is 0.0396. The van der Waals surface area contributed by atoms with Crippen LogP contribution >= 0.6 is 0 Å². The summed E-state index contributed by atoms with van der Waals surface area (Å²) in [5, 5.41) is 4.13. The Morgan fingerprint density at radius 3 is 2.73 bits per heavy atom. The molecule has 2 unspecified atom stereocenters. The molecule has 0 amide bonds. The summed E-state index contributed by atoms with van der Waals surface area (Å²) in [7, 11) is 0. The van der Waals surface area contributed by atoms with Gasteiger partial charge in [-0.3, -0.25) is 4.79 Å². The predicted octanol–water partition coefficient (Wildman–Crippen LogP) is 3.28. The summed E-state index contributed by atoms with van der Waals surface area (Å²) >= 11 is 0. The van der Waals surface area contributed by atoms with E-state index in [9.17, 15) is 4.79 Å². The Hall–Kier alpha value is -1.88. The lowest BCUT2D eigenvalue weighted by Gasteiger charge is -2.24. The number of nitrogens with zero attached hydrogens (tertiary/aromatic N) is 2. The van der Waals surface area contributed by atoms with Crippen molar-refractivity contribution in [1.29, 1.82) is 0 Å². The Morgan fingerprint density at radius 2 is 2.00 bits per heavy atom. The molecular formula is C21H26FN3O. The molecule has 4 nitrogen and oxygen atoms in total. The van der Waals surface area contributed by atoms with Gasteiger partial charge >= 0.3 is 0 Å². The van der Waals surface area contributed by atoms with Gasteiger partial charge in [-0.1, -0.05) is 0 Å². The van der Waals surface area contributed by atoms with Crippen LogP contribution in [0.15, 0.2) is 17.1 Å². The minimum Gasteiger partial charge on any atom is -0.367 e. The maximum absolute atomic E-state index is 15.2. The van der Waals surface area contributed by atoms with Crippen molar-refractivity contribution < 1.29 is 4.39 Å². The molecule has 138 valence electrons. The van der Waals surface area contributed by atoms with Crippen LogP contribution in [0.1, 0.15) is 42.9 Å². The van der Waals surface area contributed by atoms with Gasteiger partial charge in [0.05, 0.1) is 11.2 Å². The molecule has 2 aromatic rings. The second-order valence-electron chi connectivity index (χ2n) is 8.38. The second kappa shape index (κ2) is 5.81. The van der Waals surface area contributed by atoms with Gasteiger partial charge in [0, 0.05) is 42.3 Å². The molecule has 3 heterocycles. The molecule has 3 fully saturated rings. The monoisotopic (exact) mass is 355 g/mol. The van der Waals surface area contributed by atoms with Crippen LogP contribution in [0.4, 0.5) is 10.1 Å². The number of hydrogen-bond acceptors (Lipinski definition) is 3. The molecule has 1 aromatic carbocycles. The maximum atomic E-state index is 15.2. The van der Waals surface area contributed by atoms with Gasteiger partial charge in [-0.2, -0.15) is 0 Å². The van der Waals surface area contributed by atoms with Gasteiger partial charge in [0.1, 0.15) is 5.82 Å². The number of pyridine rings is 1. The molecule has 26 heavy (non-hydrogen) atoms. The number of rotatable bonds is 2. The fraction of sp³-hybridized carbons (Fsp3) is 0.571. The van der Waals surface area contributed by atoms with Crippen LogP contribution in [0, 0.1) is 25.6 Å². The Bertz CT molecular complexity index is 933. The molecule has 1 aliphatic carbocycles. The number of nitrogens with one attached hydrogen (secondary N) is 1. The van der Waals surface area contributed by atoms with Crippen molar-refractivity contribution >= 4 is 16.6 Å². The lowest BCUT2D eigenvalue weighted by Crippen LogP contribution is -2.40. The van der Waals surface area contributed by atoms with E-state index in [0.717, 1.165) is 43.6 Å². The molecule has 2 atom stereocenters. The van der Waals surface area contributed by atoms with E-state index in [1.165, 1.54) is 18.9 Å². The first kappa shape index (κ1) is 16.3. The number of hydrogen-bond donors (Lipinski definition) is 1. The predicted molar refractivity (Wildman–Crippen MR) is 103 cm³/mol. The van der Waals surface area contributed by atoms with Gasteiger partial charge in [0.25, 0.3) is 0 Å². The van der Waals surface area contributed by atoms with E-state index in [-0.39, 0.29) is 11.2 Å². The van der Waals surface area contributed by atoms with E-state index in [1.54, 1.807) is 0 Å². The molecule has 2 saturated heterocycles. The van der Waals surface area contributed by atoms with Gasteiger partial charge in [0.15, 0.2) is 5.43 Å². The number of piperidine rings is 1. The third-order valence-corrected chi connectivity index (χ3v) is 6.51. The Labute approximate surface area is 153 Å². The lowest BCUT2D eigenvalue weighted by atomic mass is 9.94. The number of aromatic nitrogens is 1. The third-order valence-electron chi connectivity index (χ3n) is 6.51. The molecule has 0 bridgehead atoms. The standard InChI is InChI=1S/C21H26FN3O/c1-12-9-25(15-5-6-15)19-13(2)20(17(22)8-16(19)21(12)26)24-10-14-4-3-7-23-18(14)11-24/h8-9,14-15,18,23H,3-7,10-11H2,1-2H3. The topological polar surface area (TPSA) is 37.3 Å². The molecule has 0 spiro atoms. The molecule has 0 radical (unpaired) electrons. The largest absolute Gasteiger partial charge is 0.367 e. The van der Waals surface area contributed by atoms with Gasteiger partial charge in [-0.15, -0.1) is 0 Å². The molecule has 2 aliphatic heterocycles. The molecule has 1 saturated carbocycles. The van der Waals surface area contributed by atoms with E-state index in [1.807, 2.05) is 20.0 Å². The van der Waals surface area contributed by atoms with Crippen molar-refractivity contribution in [3.63, 3.8) is 0 Å². The van der Waals surface area contributed by atoms with E-state index >= 15 is 4.39 Å². The first-order valence-corrected chi connectivity index (χ1v) is 9.87. The van der Waals surface area contributed by atoms with Gasteiger partial charge in [-0.05, 0) is 63.6 Å². The SMILES string of the molecule is Cc1cn(C2CC2)c2c(C)c(N3CC4CCCNC4C3)c(F)cc2c1=O. The number of halogens is 1. The number of aryl methyl sites for hydroxylation is 2. The van der Waals surface area contributed by atoms with Gasteiger partial charge in [-0.25, -0.2) is 4.39 Å². The molecule has 5 rings (SSSR count). The van der Waals surface area contributed by atoms with Crippen molar-refractivity contribution in [3.8, 4) is 0 Å². The van der Waals surface area contributed by atoms with Crippen LogP contribution in [0.25, 0.3) is 10.9 Å². The maximum Gasteiger partial charge on any atom is 0.192 e. The van der Waals surface area contributed by atoms with Crippen LogP contribution < -0.4 is 15.6 Å². The Kier molecular flexibility index (Phi) is 3.64. The quantitative estimate of drug-likeness (QED) is 0.898. The number of benzene rings is 1. The fourth-order valence-corrected chi connectivity index (χ4v) is 5.06. The van der Waals surface area contributed by atoms with Crippen LogP contribution in [0.5, 0.6) is 0 Å². The average Bonchev–Trinajstić information content (AvgIpc) is 3.37. The highest BCUT2D eigenvalue weighted by molar-refractivity contribution is 5.88. The van der Waals surface area contributed by atoms with Crippen molar-refractivity contribution in [2.24, 2.45) is 5.92 Å². The van der Waals surface area contributed by atoms with Crippen molar-refractivity contribution in [3.05, 3.63) is 39.4 Å². The molecule has 5 heteroatoms. The van der Waals surface area contributed by atoms with E-state index in [2.05, 4.69) is 14.8 Å². The van der Waals surface area contributed by atoms with Crippen molar-refractivity contribution in [2.45, 2.75) is 51.6 Å². The first-order valence-electron chi connectivity index (χ1n) is 9.87. The summed E-state index contributed by atoms with van der Waals surface area (Å²) in [5.74, 6) is 0.348. The van der Waals surface area contributed by atoms with E-state index in [4.69, 9.17) is 0 Å². The summed E-state index contributed by atoms with van der Waals surface area (Å²) < 4.78 is 17.4. The highest BCUT2D eigenvalue weighted by Gasteiger charge is 2.36. The van der Waals surface area contributed by atoms with Gasteiger partial charge < -0.3 is 14.8 Å². The van der Waals surface area contributed by atoms with Crippen molar-refractivity contribution in [1.82, 2.24) is 9.88 Å². The summed E-state index contributed by atoms with van der Waals surface area (Å²) in [4.78, 5) is 14.9. The first-order chi connectivity index (χ1) is 12.5. The average molecular weight is 355 g/mol. The van der Waals surface area contributed by atoms with Gasteiger partial charge in [0.2, 0.25) is 0 Å². The summed E-state index contributed by atoms with van der Waals surface area (Å²) in [6.45, 7) is 6.64. The van der Waals surface area contributed by atoms with Crippen LogP contribution in [0.3, 0.4) is 0 Å². The van der Waals surface area contributed by atoms with E-state index in [0.29, 0.717) is 34.6 Å². The van der Waals surface area contributed by atoms with Crippen LogP contribution in [0.2, 0.25) is 0 Å².